The van der Waals surface area contributed by atoms with Gasteiger partial charge in [0.25, 0.3) is 0 Å². The molecule has 0 aromatic rings. The fourth-order valence-corrected chi connectivity index (χ4v) is 2.33. The topological polar surface area (TPSA) is 42.0 Å². The van der Waals surface area contributed by atoms with Crippen molar-refractivity contribution in [1.82, 2.24) is 9.80 Å². The second kappa shape index (κ2) is 4.14. The Morgan fingerprint density at radius 3 is 2.47 bits per heavy atom. The highest BCUT2D eigenvalue weighted by molar-refractivity contribution is 5.69. The minimum Gasteiger partial charge on any atom is -0.444 e. The Bertz CT molecular complexity index is 305. The van der Waals surface area contributed by atoms with Gasteiger partial charge in [0.2, 0.25) is 0 Å². The highest BCUT2D eigenvalue weighted by Crippen LogP contribution is 2.29. The van der Waals surface area contributed by atoms with Crippen molar-refractivity contribution in [2.75, 3.05) is 39.8 Å². The second-order valence-electron chi connectivity index (χ2n) is 6.11. The molecule has 0 aromatic heterocycles. The van der Waals surface area contributed by atoms with Crippen molar-refractivity contribution in [2.24, 2.45) is 0 Å². The summed E-state index contributed by atoms with van der Waals surface area (Å²) in [4.78, 5) is 15.7. The lowest BCUT2D eigenvalue weighted by molar-refractivity contribution is -0.174. The largest absolute Gasteiger partial charge is 0.444 e. The van der Waals surface area contributed by atoms with Crippen LogP contribution in [0, 0.1) is 0 Å². The van der Waals surface area contributed by atoms with E-state index in [0.29, 0.717) is 13.1 Å². The van der Waals surface area contributed by atoms with Crippen LogP contribution in [0.5, 0.6) is 0 Å². The molecule has 5 heteroatoms. The molecule has 2 aliphatic rings. The third-order valence-electron chi connectivity index (χ3n) is 3.05. The lowest BCUT2D eigenvalue weighted by Gasteiger charge is -2.52. The molecule has 0 bridgehead atoms. The fourth-order valence-electron chi connectivity index (χ4n) is 2.33. The summed E-state index contributed by atoms with van der Waals surface area (Å²) in [6.07, 6.45) is -0.236. The van der Waals surface area contributed by atoms with Gasteiger partial charge in [0.1, 0.15) is 11.2 Å². The van der Waals surface area contributed by atoms with Crippen LogP contribution in [-0.2, 0) is 9.47 Å². The summed E-state index contributed by atoms with van der Waals surface area (Å²) in [5.74, 6) is 0. The standard InChI is InChI=1S/C12H22N2O3/c1-11(2,3)17-10(15)14-8-12(9-14)7-13(4)5-6-16-12/h5-9H2,1-4H3. The van der Waals surface area contributed by atoms with Crippen molar-refractivity contribution in [2.45, 2.75) is 32.0 Å². The van der Waals surface area contributed by atoms with E-state index >= 15 is 0 Å². The van der Waals surface area contributed by atoms with Gasteiger partial charge >= 0.3 is 6.09 Å². The summed E-state index contributed by atoms with van der Waals surface area (Å²) < 4.78 is 11.1. The van der Waals surface area contributed by atoms with Gasteiger partial charge in [-0.3, -0.25) is 0 Å². The molecule has 2 fully saturated rings. The minimum atomic E-state index is -0.427. The van der Waals surface area contributed by atoms with Gasteiger partial charge in [0, 0.05) is 13.1 Å². The third-order valence-corrected chi connectivity index (χ3v) is 3.05. The quantitative estimate of drug-likeness (QED) is 0.634. The van der Waals surface area contributed by atoms with E-state index in [1.807, 2.05) is 20.8 Å². The number of hydrogen-bond donors (Lipinski definition) is 0. The van der Waals surface area contributed by atoms with Crippen LogP contribution >= 0.6 is 0 Å². The van der Waals surface area contributed by atoms with Crippen LogP contribution in [0.25, 0.3) is 0 Å². The number of nitrogens with zero attached hydrogens (tertiary/aromatic N) is 2. The number of rotatable bonds is 0. The number of hydrogen-bond acceptors (Lipinski definition) is 4. The van der Waals surface area contributed by atoms with Gasteiger partial charge in [-0.25, -0.2) is 4.79 Å². The van der Waals surface area contributed by atoms with Crippen LogP contribution in [0.15, 0.2) is 0 Å². The van der Waals surface area contributed by atoms with Crippen LogP contribution < -0.4 is 0 Å². The number of morpholine rings is 1. The number of likely N-dealkylation sites (N-methyl/N-ethyl adjacent to an activating group) is 1. The van der Waals surface area contributed by atoms with E-state index < -0.39 is 5.60 Å². The van der Waals surface area contributed by atoms with Crippen molar-refractivity contribution in [1.29, 1.82) is 0 Å². The zero-order valence-electron chi connectivity index (χ0n) is 11.2. The smallest absolute Gasteiger partial charge is 0.410 e. The Morgan fingerprint density at radius 1 is 1.29 bits per heavy atom. The van der Waals surface area contributed by atoms with Gasteiger partial charge in [-0.05, 0) is 27.8 Å². The van der Waals surface area contributed by atoms with Crippen molar-refractivity contribution in [3.63, 3.8) is 0 Å². The van der Waals surface area contributed by atoms with Gasteiger partial charge in [0.15, 0.2) is 0 Å². The molecule has 0 aromatic carbocycles. The minimum absolute atomic E-state index is 0.149. The van der Waals surface area contributed by atoms with E-state index in [9.17, 15) is 4.79 Å². The molecule has 0 radical (unpaired) electrons. The first-order valence-corrected chi connectivity index (χ1v) is 6.10. The molecule has 5 nitrogen and oxygen atoms in total. The average Bonchev–Trinajstić information content (AvgIpc) is 2.10. The first-order chi connectivity index (χ1) is 7.80. The molecule has 0 N–H and O–H groups in total. The highest BCUT2D eigenvalue weighted by atomic mass is 16.6. The van der Waals surface area contributed by atoms with Gasteiger partial charge in [-0.2, -0.15) is 0 Å². The van der Waals surface area contributed by atoms with E-state index in [0.717, 1.165) is 19.7 Å². The summed E-state index contributed by atoms with van der Waals surface area (Å²) >= 11 is 0. The van der Waals surface area contributed by atoms with E-state index in [1.165, 1.54) is 0 Å². The molecular formula is C12H22N2O3. The number of likely N-dealkylation sites (tertiary alicyclic amines) is 1. The normalized spacial score (nSPS) is 24.6. The predicted molar refractivity (Wildman–Crippen MR) is 64.0 cm³/mol. The second-order valence-corrected chi connectivity index (χ2v) is 6.11. The van der Waals surface area contributed by atoms with E-state index in [-0.39, 0.29) is 11.7 Å². The molecule has 0 unspecified atom stereocenters. The van der Waals surface area contributed by atoms with Crippen molar-refractivity contribution in [3.8, 4) is 0 Å². The number of ether oxygens (including phenoxy) is 2. The summed E-state index contributed by atoms with van der Waals surface area (Å²) in [6, 6.07) is 0. The maximum absolute atomic E-state index is 11.8. The van der Waals surface area contributed by atoms with Crippen LogP contribution in [-0.4, -0.2) is 66.9 Å². The number of carbonyl (C=O) groups excluding carboxylic acids is 1. The SMILES string of the molecule is CN1CCOC2(C1)CN(C(=O)OC(C)(C)C)C2. The zero-order valence-corrected chi connectivity index (χ0v) is 11.2. The van der Waals surface area contributed by atoms with E-state index in [1.54, 1.807) is 4.90 Å². The van der Waals surface area contributed by atoms with Crippen molar-refractivity contribution >= 4 is 6.09 Å². The molecule has 1 spiro atoms. The highest BCUT2D eigenvalue weighted by Gasteiger charge is 2.49. The van der Waals surface area contributed by atoms with Gasteiger partial charge in [-0.1, -0.05) is 0 Å². The lowest BCUT2D eigenvalue weighted by Crippen LogP contribution is -2.71. The molecule has 2 saturated heterocycles. The first-order valence-electron chi connectivity index (χ1n) is 6.10. The Morgan fingerprint density at radius 2 is 1.94 bits per heavy atom. The zero-order chi connectivity index (χ0) is 12.7. The van der Waals surface area contributed by atoms with Crippen LogP contribution in [0.2, 0.25) is 0 Å². The number of amides is 1. The molecule has 0 atom stereocenters. The Hall–Kier alpha value is -0.810. The molecule has 1 amide bonds. The average molecular weight is 242 g/mol. The van der Waals surface area contributed by atoms with E-state index in [2.05, 4.69) is 11.9 Å². The number of carbonyl (C=O) groups is 1. The van der Waals surface area contributed by atoms with Crippen LogP contribution in [0.4, 0.5) is 4.79 Å². The first kappa shape index (κ1) is 12.6. The lowest BCUT2D eigenvalue weighted by atomic mass is 9.92. The van der Waals surface area contributed by atoms with Gasteiger partial charge in [0.05, 0.1) is 19.7 Å². The maximum atomic E-state index is 11.8. The summed E-state index contributed by atoms with van der Waals surface area (Å²) in [6.45, 7) is 9.54. The molecule has 2 rings (SSSR count). The molecule has 98 valence electrons. The van der Waals surface area contributed by atoms with Crippen molar-refractivity contribution < 1.29 is 14.3 Å². The van der Waals surface area contributed by atoms with Gasteiger partial charge in [-0.15, -0.1) is 0 Å². The summed E-state index contributed by atoms with van der Waals surface area (Å²) in [5, 5.41) is 0. The van der Waals surface area contributed by atoms with Crippen molar-refractivity contribution in [3.05, 3.63) is 0 Å². The van der Waals surface area contributed by atoms with Crippen LogP contribution in [0.3, 0.4) is 0 Å². The molecule has 0 aliphatic carbocycles. The molecular weight excluding hydrogens is 220 g/mol. The predicted octanol–water partition coefficient (Wildman–Crippen LogP) is 0.938. The monoisotopic (exact) mass is 242 g/mol. The summed E-state index contributed by atoms with van der Waals surface area (Å²) in [7, 11) is 2.08. The van der Waals surface area contributed by atoms with Crippen LogP contribution in [0.1, 0.15) is 20.8 Å². The fraction of sp³-hybridized carbons (Fsp3) is 0.917. The summed E-state index contributed by atoms with van der Waals surface area (Å²) in [5.41, 5.74) is -0.575. The third kappa shape index (κ3) is 2.90. The Kier molecular flexibility index (Phi) is 3.08. The molecule has 0 saturated carbocycles. The van der Waals surface area contributed by atoms with Gasteiger partial charge < -0.3 is 19.3 Å². The molecule has 17 heavy (non-hydrogen) atoms. The molecule has 2 aliphatic heterocycles. The Balaban J connectivity index is 1.83. The maximum Gasteiger partial charge on any atom is 0.410 e. The molecule has 2 heterocycles. The van der Waals surface area contributed by atoms with E-state index in [4.69, 9.17) is 9.47 Å². The Labute approximate surface area is 103 Å².